The molecule has 3 aromatic rings. The summed E-state index contributed by atoms with van der Waals surface area (Å²) < 4.78 is 10.5. The fraction of sp³-hybridized carbons (Fsp3) is 0.400. The first-order chi connectivity index (χ1) is 18.9. The zero-order valence-electron chi connectivity index (χ0n) is 23.2. The van der Waals surface area contributed by atoms with Gasteiger partial charge >= 0.3 is 0 Å². The fourth-order valence-corrected chi connectivity index (χ4v) is 4.62. The van der Waals surface area contributed by atoms with E-state index in [2.05, 4.69) is 15.1 Å². The van der Waals surface area contributed by atoms with Gasteiger partial charge in [-0.25, -0.2) is 0 Å². The van der Waals surface area contributed by atoms with Crippen LogP contribution in [0.25, 0.3) is 11.3 Å². The number of carbonyl (C=O) groups is 2. The Morgan fingerprint density at radius 2 is 1.69 bits per heavy atom. The van der Waals surface area contributed by atoms with Crippen molar-refractivity contribution < 1.29 is 19.1 Å². The average Bonchev–Trinajstić information content (AvgIpc) is 3.26. The van der Waals surface area contributed by atoms with Gasteiger partial charge in [0.05, 0.1) is 19.9 Å². The van der Waals surface area contributed by atoms with E-state index in [9.17, 15) is 9.59 Å². The summed E-state index contributed by atoms with van der Waals surface area (Å²) in [6.45, 7) is 6.65. The molecule has 39 heavy (non-hydrogen) atoms. The molecular weight excluding hydrogens is 494 g/mol. The molecule has 1 saturated heterocycles. The molecule has 1 aromatic heterocycles. The molecule has 0 bridgehead atoms. The number of ether oxygens (including phenoxy) is 2. The van der Waals surface area contributed by atoms with Crippen molar-refractivity contribution in [3.05, 3.63) is 66.2 Å². The lowest BCUT2D eigenvalue weighted by atomic mass is 10.1. The molecule has 0 spiro atoms. The van der Waals surface area contributed by atoms with Crippen molar-refractivity contribution in [2.24, 2.45) is 0 Å². The molecule has 4 rings (SSSR count). The van der Waals surface area contributed by atoms with Gasteiger partial charge in [0.25, 0.3) is 5.91 Å². The van der Waals surface area contributed by atoms with Gasteiger partial charge in [0.1, 0.15) is 18.0 Å². The van der Waals surface area contributed by atoms with E-state index < -0.39 is 0 Å². The summed E-state index contributed by atoms with van der Waals surface area (Å²) in [5, 5.41) is 8.89. The zero-order chi connectivity index (χ0) is 27.8. The number of benzene rings is 2. The summed E-state index contributed by atoms with van der Waals surface area (Å²) in [6.07, 6.45) is 1.56. The lowest BCUT2D eigenvalue weighted by Gasteiger charge is -2.31. The Hall–Kier alpha value is -4.14. The smallest absolute Gasteiger partial charge is 0.254 e. The van der Waals surface area contributed by atoms with E-state index in [1.807, 2.05) is 55.1 Å². The van der Waals surface area contributed by atoms with Gasteiger partial charge in [-0.3, -0.25) is 9.59 Å². The van der Waals surface area contributed by atoms with Crippen molar-refractivity contribution in [2.45, 2.75) is 32.7 Å². The van der Waals surface area contributed by atoms with Crippen LogP contribution >= 0.6 is 0 Å². The SMILES string of the molecule is CC[C@H](C)N(CC(=O)N1CCCN(c2ccc(-c3ccc(OC)cc3)nn2)CC1)C(=O)c1cccc(OC)c1. The highest BCUT2D eigenvalue weighted by atomic mass is 16.5. The zero-order valence-corrected chi connectivity index (χ0v) is 23.2. The Kier molecular flexibility index (Phi) is 9.35. The Morgan fingerprint density at radius 1 is 0.923 bits per heavy atom. The molecular formula is C30H37N5O4. The maximum atomic E-state index is 13.4. The van der Waals surface area contributed by atoms with Crippen LogP contribution in [0.3, 0.4) is 0 Å². The third-order valence-corrected chi connectivity index (χ3v) is 7.21. The first-order valence-electron chi connectivity index (χ1n) is 13.4. The van der Waals surface area contributed by atoms with Crippen LogP contribution in [0.5, 0.6) is 11.5 Å². The van der Waals surface area contributed by atoms with Crippen LogP contribution in [0.1, 0.15) is 37.0 Å². The van der Waals surface area contributed by atoms with Gasteiger partial charge in [0.15, 0.2) is 5.82 Å². The van der Waals surface area contributed by atoms with Crippen molar-refractivity contribution in [3.8, 4) is 22.8 Å². The first-order valence-corrected chi connectivity index (χ1v) is 13.4. The second kappa shape index (κ2) is 13.1. The number of aromatic nitrogens is 2. The van der Waals surface area contributed by atoms with Crippen molar-refractivity contribution in [1.29, 1.82) is 0 Å². The molecule has 9 heteroatoms. The van der Waals surface area contributed by atoms with E-state index in [1.54, 1.807) is 43.4 Å². The number of hydrogen-bond donors (Lipinski definition) is 0. The van der Waals surface area contributed by atoms with Gasteiger partial charge in [-0.1, -0.05) is 13.0 Å². The van der Waals surface area contributed by atoms with E-state index in [0.29, 0.717) is 30.9 Å². The number of carbonyl (C=O) groups excluding carboxylic acids is 2. The van der Waals surface area contributed by atoms with Crippen LogP contribution < -0.4 is 14.4 Å². The third kappa shape index (κ3) is 6.85. The quantitative estimate of drug-likeness (QED) is 0.410. The predicted molar refractivity (Wildman–Crippen MR) is 151 cm³/mol. The van der Waals surface area contributed by atoms with Crippen LogP contribution in [0.2, 0.25) is 0 Å². The van der Waals surface area contributed by atoms with Crippen LogP contribution in [0.4, 0.5) is 5.82 Å². The lowest BCUT2D eigenvalue weighted by Crippen LogP contribution is -2.47. The largest absolute Gasteiger partial charge is 0.497 e. The predicted octanol–water partition coefficient (Wildman–Crippen LogP) is 4.14. The normalized spacial score (nSPS) is 14.4. The van der Waals surface area contributed by atoms with Gasteiger partial charge in [0.2, 0.25) is 5.91 Å². The molecule has 0 N–H and O–H groups in total. The number of hydrogen-bond acceptors (Lipinski definition) is 7. The topological polar surface area (TPSA) is 88.1 Å². The summed E-state index contributed by atoms with van der Waals surface area (Å²) in [5.41, 5.74) is 2.27. The number of amides is 2. The van der Waals surface area contributed by atoms with Gasteiger partial charge in [0, 0.05) is 43.3 Å². The number of nitrogens with zero attached hydrogens (tertiary/aromatic N) is 5. The minimum atomic E-state index is -0.166. The molecule has 1 atom stereocenters. The molecule has 0 aliphatic carbocycles. The van der Waals surface area contributed by atoms with Gasteiger partial charge in [-0.15, -0.1) is 10.2 Å². The summed E-state index contributed by atoms with van der Waals surface area (Å²) in [7, 11) is 3.21. The van der Waals surface area contributed by atoms with Crippen LogP contribution in [-0.4, -0.2) is 84.8 Å². The average molecular weight is 532 g/mol. The standard InChI is InChI=1S/C30H37N5O4/c1-5-22(2)35(30(37)24-8-6-9-26(20-24)39-4)21-29(36)34-17-7-16-33(18-19-34)28-15-14-27(31-32-28)23-10-12-25(38-3)13-11-23/h6,8-15,20,22H,5,7,16-19,21H2,1-4H3/t22-/m0/s1. The Bertz CT molecular complexity index is 1250. The van der Waals surface area contributed by atoms with Crippen LogP contribution in [0, 0.1) is 0 Å². The van der Waals surface area contributed by atoms with Crippen molar-refractivity contribution in [2.75, 3.05) is 51.8 Å². The summed E-state index contributed by atoms with van der Waals surface area (Å²) in [5.74, 6) is 1.98. The maximum absolute atomic E-state index is 13.4. The summed E-state index contributed by atoms with van der Waals surface area (Å²) in [4.78, 5) is 32.4. The molecule has 0 unspecified atom stereocenters. The first kappa shape index (κ1) is 27.9. The molecule has 1 fully saturated rings. The summed E-state index contributed by atoms with van der Waals surface area (Å²) in [6, 6.07) is 18.6. The second-order valence-electron chi connectivity index (χ2n) is 9.65. The van der Waals surface area contributed by atoms with E-state index >= 15 is 0 Å². The van der Waals surface area contributed by atoms with E-state index in [4.69, 9.17) is 9.47 Å². The highest BCUT2D eigenvalue weighted by Gasteiger charge is 2.27. The highest BCUT2D eigenvalue weighted by Crippen LogP contribution is 2.22. The van der Waals surface area contributed by atoms with E-state index in [-0.39, 0.29) is 24.4 Å². The molecule has 1 aliphatic rings. The molecule has 0 saturated carbocycles. The summed E-state index contributed by atoms with van der Waals surface area (Å²) >= 11 is 0. The molecule has 2 amide bonds. The molecule has 2 aromatic carbocycles. The second-order valence-corrected chi connectivity index (χ2v) is 9.65. The maximum Gasteiger partial charge on any atom is 0.254 e. The van der Waals surface area contributed by atoms with Crippen LogP contribution in [-0.2, 0) is 4.79 Å². The van der Waals surface area contributed by atoms with Crippen molar-refractivity contribution in [3.63, 3.8) is 0 Å². The minimum Gasteiger partial charge on any atom is -0.497 e. The molecule has 1 aliphatic heterocycles. The van der Waals surface area contributed by atoms with Crippen LogP contribution in [0.15, 0.2) is 60.7 Å². The third-order valence-electron chi connectivity index (χ3n) is 7.21. The Morgan fingerprint density at radius 3 is 2.36 bits per heavy atom. The number of methoxy groups -OCH3 is 2. The molecule has 2 heterocycles. The minimum absolute atomic E-state index is 0.0431. The van der Waals surface area contributed by atoms with Gasteiger partial charge in [-0.05, 0) is 74.4 Å². The fourth-order valence-electron chi connectivity index (χ4n) is 4.62. The number of rotatable bonds is 9. The van der Waals surface area contributed by atoms with Gasteiger partial charge in [-0.2, -0.15) is 0 Å². The lowest BCUT2D eigenvalue weighted by molar-refractivity contribution is -0.132. The molecule has 206 valence electrons. The molecule has 0 radical (unpaired) electrons. The van der Waals surface area contributed by atoms with Crippen molar-refractivity contribution >= 4 is 17.6 Å². The van der Waals surface area contributed by atoms with Gasteiger partial charge < -0.3 is 24.2 Å². The van der Waals surface area contributed by atoms with E-state index in [0.717, 1.165) is 42.2 Å². The Balaban J connectivity index is 1.39. The highest BCUT2D eigenvalue weighted by molar-refractivity contribution is 5.97. The Labute approximate surface area is 230 Å². The number of anilines is 1. The van der Waals surface area contributed by atoms with E-state index in [1.165, 1.54) is 0 Å². The van der Waals surface area contributed by atoms with Crippen molar-refractivity contribution in [1.82, 2.24) is 20.0 Å². The molecule has 9 nitrogen and oxygen atoms in total. The monoisotopic (exact) mass is 531 g/mol.